The molecular weight excluding hydrogens is 414 g/mol. The van der Waals surface area contributed by atoms with Crippen LogP contribution in [-0.2, 0) is 6.42 Å². The quantitative estimate of drug-likeness (QED) is 0.442. The first-order valence-electron chi connectivity index (χ1n) is 8.48. The van der Waals surface area contributed by atoms with Gasteiger partial charge in [-0.3, -0.25) is 30.3 Å². The molecule has 1 heterocycles. The summed E-state index contributed by atoms with van der Waals surface area (Å²) in [7, 11) is 1.58. The van der Waals surface area contributed by atoms with Crippen molar-refractivity contribution in [1.29, 1.82) is 0 Å². The van der Waals surface area contributed by atoms with Crippen LogP contribution in [-0.4, -0.2) is 33.1 Å². The van der Waals surface area contributed by atoms with Crippen molar-refractivity contribution in [3.63, 3.8) is 0 Å². The van der Waals surface area contributed by atoms with E-state index in [0.29, 0.717) is 11.4 Å². The van der Waals surface area contributed by atoms with Crippen molar-refractivity contribution in [1.82, 2.24) is 10.2 Å². The van der Waals surface area contributed by atoms with Crippen molar-refractivity contribution >= 4 is 33.8 Å². The molecule has 11 nitrogen and oxygen atoms in total. The van der Waals surface area contributed by atoms with Gasteiger partial charge >= 0.3 is 0 Å². The van der Waals surface area contributed by atoms with Gasteiger partial charge in [-0.1, -0.05) is 23.5 Å². The highest BCUT2D eigenvalue weighted by atomic mass is 32.1. The third-order valence-electron chi connectivity index (χ3n) is 4.22. The Labute approximate surface area is 173 Å². The molecule has 2 aromatic carbocycles. The Bertz CT molecular complexity index is 1130. The zero-order chi connectivity index (χ0) is 21.8. The highest BCUT2D eigenvalue weighted by molar-refractivity contribution is 7.15. The number of nitrogens with one attached hydrogen (secondary N) is 1. The second-order valence-corrected chi connectivity index (χ2v) is 7.19. The first-order chi connectivity index (χ1) is 14.3. The van der Waals surface area contributed by atoms with Crippen molar-refractivity contribution in [3.05, 3.63) is 78.3 Å². The summed E-state index contributed by atoms with van der Waals surface area (Å²) in [6.45, 7) is 1.35. The molecule has 154 valence electrons. The molecule has 0 aliphatic heterocycles. The molecule has 30 heavy (non-hydrogen) atoms. The van der Waals surface area contributed by atoms with E-state index in [-0.39, 0.29) is 16.3 Å². The van der Waals surface area contributed by atoms with Gasteiger partial charge in [-0.25, -0.2) is 0 Å². The normalized spacial score (nSPS) is 10.5. The first kappa shape index (κ1) is 20.8. The van der Waals surface area contributed by atoms with Crippen LogP contribution in [0.4, 0.5) is 16.5 Å². The Morgan fingerprint density at radius 1 is 1.13 bits per heavy atom. The fourth-order valence-electron chi connectivity index (χ4n) is 2.67. The summed E-state index contributed by atoms with van der Waals surface area (Å²) in [6, 6.07) is 9.21. The van der Waals surface area contributed by atoms with Crippen molar-refractivity contribution in [3.8, 4) is 5.75 Å². The van der Waals surface area contributed by atoms with Crippen LogP contribution in [0.1, 0.15) is 26.5 Å². The van der Waals surface area contributed by atoms with E-state index >= 15 is 0 Å². The number of aromatic nitrogens is 2. The molecule has 1 amide bonds. The molecule has 0 unspecified atom stereocenters. The number of hydrogen-bond donors (Lipinski definition) is 1. The minimum atomic E-state index is -0.791. The van der Waals surface area contributed by atoms with Gasteiger partial charge in [0.25, 0.3) is 17.3 Å². The number of non-ortho nitro benzene ring substituents is 1. The number of anilines is 1. The van der Waals surface area contributed by atoms with E-state index in [1.807, 2.05) is 24.3 Å². The van der Waals surface area contributed by atoms with Crippen LogP contribution in [0.2, 0.25) is 0 Å². The molecule has 1 N–H and O–H groups in total. The lowest BCUT2D eigenvalue weighted by Crippen LogP contribution is -2.14. The highest BCUT2D eigenvalue weighted by Gasteiger charge is 2.25. The topological polar surface area (TPSA) is 150 Å². The molecule has 3 rings (SSSR count). The number of methoxy groups -OCH3 is 1. The summed E-state index contributed by atoms with van der Waals surface area (Å²) >= 11 is 1.13. The van der Waals surface area contributed by atoms with E-state index in [1.54, 1.807) is 7.11 Å². The number of ether oxygens (including phenoxy) is 1. The second kappa shape index (κ2) is 8.61. The van der Waals surface area contributed by atoms with Crippen molar-refractivity contribution < 1.29 is 19.4 Å². The smallest absolute Gasteiger partial charge is 0.279 e. The number of rotatable bonds is 7. The van der Waals surface area contributed by atoms with Gasteiger partial charge in [0, 0.05) is 18.1 Å². The molecule has 0 saturated carbocycles. The second-order valence-electron chi connectivity index (χ2n) is 6.13. The Hall–Kier alpha value is -3.93. The molecule has 0 atom stereocenters. The summed E-state index contributed by atoms with van der Waals surface area (Å²) in [4.78, 5) is 33.3. The zero-order valence-corrected chi connectivity index (χ0v) is 16.6. The van der Waals surface area contributed by atoms with E-state index < -0.39 is 27.1 Å². The lowest BCUT2D eigenvalue weighted by atomic mass is 10.0. The maximum Gasteiger partial charge on any atom is 0.279 e. The zero-order valence-electron chi connectivity index (χ0n) is 15.8. The lowest BCUT2D eigenvalue weighted by Gasteiger charge is -2.06. The molecule has 0 fully saturated rings. The number of nitro benzene ring substituents is 2. The summed E-state index contributed by atoms with van der Waals surface area (Å²) in [6.07, 6.45) is 0.485. The maximum atomic E-state index is 12.6. The van der Waals surface area contributed by atoms with Crippen molar-refractivity contribution in [2.45, 2.75) is 13.3 Å². The van der Waals surface area contributed by atoms with Gasteiger partial charge < -0.3 is 4.74 Å². The van der Waals surface area contributed by atoms with E-state index in [4.69, 9.17) is 4.74 Å². The Kier molecular flexibility index (Phi) is 5.97. The van der Waals surface area contributed by atoms with Gasteiger partial charge in [-0.2, -0.15) is 0 Å². The van der Waals surface area contributed by atoms with Gasteiger partial charge in [0.1, 0.15) is 10.8 Å². The van der Waals surface area contributed by atoms with E-state index in [9.17, 15) is 25.0 Å². The van der Waals surface area contributed by atoms with Gasteiger partial charge in [-0.15, -0.1) is 10.2 Å². The van der Waals surface area contributed by atoms with Gasteiger partial charge in [0.2, 0.25) is 5.13 Å². The fraction of sp³-hybridized carbons (Fsp3) is 0.167. The molecule has 0 radical (unpaired) electrons. The highest BCUT2D eigenvalue weighted by Crippen LogP contribution is 2.29. The maximum absolute atomic E-state index is 12.6. The number of nitrogens with zero attached hydrogens (tertiary/aromatic N) is 4. The first-order valence-corrected chi connectivity index (χ1v) is 9.30. The third kappa shape index (κ3) is 4.55. The molecule has 0 spiro atoms. The molecule has 0 aliphatic rings. The van der Waals surface area contributed by atoms with E-state index in [2.05, 4.69) is 15.5 Å². The fourth-order valence-corrected chi connectivity index (χ4v) is 3.44. The molecule has 0 saturated heterocycles. The molecule has 12 heteroatoms. The van der Waals surface area contributed by atoms with E-state index in [1.165, 1.54) is 6.92 Å². The van der Waals surface area contributed by atoms with Crippen LogP contribution in [0, 0.1) is 27.2 Å². The predicted molar refractivity (Wildman–Crippen MR) is 108 cm³/mol. The summed E-state index contributed by atoms with van der Waals surface area (Å²) in [5.41, 5.74) is -0.245. The molecule has 0 aliphatic carbocycles. The number of amides is 1. The monoisotopic (exact) mass is 429 g/mol. The lowest BCUT2D eigenvalue weighted by molar-refractivity contribution is -0.394. The van der Waals surface area contributed by atoms with Gasteiger partial charge in [-0.05, 0) is 24.6 Å². The summed E-state index contributed by atoms with van der Waals surface area (Å²) in [5.74, 6) is -0.0168. The van der Waals surface area contributed by atoms with Crippen molar-refractivity contribution in [2.75, 3.05) is 12.4 Å². The average molecular weight is 429 g/mol. The Morgan fingerprint density at radius 3 is 2.43 bits per heavy atom. The van der Waals surface area contributed by atoms with Crippen LogP contribution < -0.4 is 10.1 Å². The number of nitro groups is 2. The van der Waals surface area contributed by atoms with Crippen LogP contribution in [0.15, 0.2) is 36.4 Å². The number of carbonyl (C=O) groups is 1. The number of hydrogen-bond acceptors (Lipinski definition) is 9. The largest absolute Gasteiger partial charge is 0.497 e. The molecule has 0 bridgehead atoms. The SMILES string of the molecule is COc1ccc(Cc2nnc(NC(=O)c3cc([N+](=O)[O-])cc([N+](=O)[O-])c3C)s2)cc1. The minimum Gasteiger partial charge on any atom is -0.497 e. The van der Waals surface area contributed by atoms with Crippen LogP contribution in [0.3, 0.4) is 0 Å². The number of benzene rings is 2. The van der Waals surface area contributed by atoms with Gasteiger partial charge in [0.05, 0.1) is 28.6 Å². The summed E-state index contributed by atoms with van der Waals surface area (Å²) < 4.78 is 5.11. The summed E-state index contributed by atoms with van der Waals surface area (Å²) in [5, 5.41) is 33.5. The Balaban J connectivity index is 1.79. The van der Waals surface area contributed by atoms with Crippen LogP contribution in [0.5, 0.6) is 5.75 Å². The standard InChI is InChI=1S/C18H15N5O6S/c1-10-14(8-12(22(25)26)9-15(10)23(27)28)17(24)19-18-21-20-16(30-18)7-11-3-5-13(29-2)6-4-11/h3-6,8-9H,7H2,1-2H3,(H,19,21,24). The van der Waals surface area contributed by atoms with E-state index in [0.717, 1.165) is 34.8 Å². The Morgan fingerprint density at radius 2 is 1.83 bits per heavy atom. The number of carbonyl (C=O) groups excluding carboxylic acids is 1. The third-order valence-corrected chi connectivity index (χ3v) is 5.06. The molecular formula is C18H15N5O6S. The van der Waals surface area contributed by atoms with Crippen LogP contribution >= 0.6 is 11.3 Å². The predicted octanol–water partition coefficient (Wildman–Crippen LogP) is 3.51. The van der Waals surface area contributed by atoms with Gasteiger partial charge in [0.15, 0.2) is 0 Å². The minimum absolute atomic E-state index is 0.0195. The molecule has 3 aromatic rings. The average Bonchev–Trinajstić information content (AvgIpc) is 3.14. The van der Waals surface area contributed by atoms with Crippen molar-refractivity contribution in [2.24, 2.45) is 0 Å². The molecule has 1 aromatic heterocycles. The van der Waals surface area contributed by atoms with Crippen LogP contribution in [0.25, 0.3) is 0 Å².